The van der Waals surface area contributed by atoms with Gasteiger partial charge in [-0.15, -0.1) is 0 Å². The summed E-state index contributed by atoms with van der Waals surface area (Å²) in [5.74, 6) is 0.639. The fourth-order valence-electron chi connectivity index (χ4n) is 3.06. The number of hydrazone groups is 1. The number of thioether (sulfide) groups is 1. The van der Waals surface area contributed by atoms with Crippen molar-refractivity contribution in [1.82, 2.24) is 5.43 Å². The third-order valence-corrected chi connectivity index (χ3v) is 5.52. The zero-order valence-electron chi connectivity index (χ0n) is 15.4. The van der Waals surface area contributed by atoms with Gasteiger partial charge in [-0.05, 0) is 42.7 Å². The van der Waals surface area contributed by atoms with E-state index in [9.17, 15) is 4.79 Å². The van der Waals surface area contributed by atoms with E-state index in [1.54, 1.807) is 23.9 Å². The van der Waals surface area contributed by atoms with Gasteiger partial charge in [-0.2, -0.15) is 5.10 Å². The normalized spacial score (nSPS) is 20.5. The molecule has 2 N–H and O–H groups in total. The Labute approximate surface area is 168 Å². The van der Waals surface area contributed by atoms with E-state index < -0.39 is 0 Å². The van der Waals surface area contributed by atoms with Crippen LogP contribution in [0.3, 0.4) is 0 Å². The van der Waals surface area contributed by atoms with Crippen LogP contribution in [0.1, 0.15) is 28.8 Å². The minimum atomic E-state index is -0.118. The Bertz CT molecular complexity index is 875. The fourth-order valence-corrected chi connectivity index (χ4v) is 3.84. The SMILES string of the molecule is O=C(Nc1ccc(C2=NNC(=NC[C@@H]3CCCO3)SC2)cc1)c1ccccc1. The van der Waals surface area contributed by atoms with Crippen LogP contribution in [-0.2, 0) is 4.74 Å². The average molecular weight is 395 g/mol. The second kappa shape index (κ2) is 9.03. The maximum atomic E-state index is 12.2. The summed E-state index contributed by atoms with van der Waals surface area (Å²) in [7, 11) is 0. The predicted molar refractivity (Wildman–Crippen MR) is 114 cm³/mol. The van der Waals surface area contributed by atoms with Crippen molar-refractivity contribution in [3.05, 3.63) is 65.7 Å². The minimum Gasteiger partial charge on any atom is -0.376 e. The molecule has 6 nitrogen and oxygen atoms in total. The van der Waals surface area contributed by atoms with Gasteiger partial charge in [0.2, 0.25) is 0 Å². The number of benzene rings is 2. The number of carbonyl (C=O) groups is 1. The zero-order chi connectivity index (χ0) is 19.2. The van der Waals surface area contributed by atoms with Crippen molar-refractivity contribution in [1.29, 1.82) is 0 Å². The number of aliphatic imine (C=N–C) groups is 1. The summed E-state index contributed by atoms with van der Waals surface area (Å²) >= 11 is 1.64. The molecule has 2 heterocycles. The number of nitrogens with zero attached hydrogens (tertiary/aromatic N) is 2. The molecule has 1 fully saturated rings. The van der Waals surface area contributed by atoms with Crippen molar-refractivity contribution in [2.75, 3.05) is 24.2 Å². The van der Waals surface area contributed by atoms with Crippen molar-refractivity contribution < 1.29 is 9.53 Å². The summed E-state index contributed by atoms with van der Waals surface area (Å²) < 4.78 is 5.59. The lowest BCUT2D eigenvalue weighted by Crippen LogP contribution is -2.26. The molecule has 2 aliphatic heterocycles. The van der Waals surface area contributed by atoms with Gasteiger partial charge >= 0.3 is 0 Å². The Kier molecular flexibility index (Phi) is 6.04. The minimum absolute atomic E-state index is 0.118. The van der Waals surface area contributed by atoms with Crippen LogP contribution in [0.4, 0.5) is 5.69 Å². The highest BCUT2D eigenvalue weighted by Crippen LogP contribution is 2.18. The molecule has 2 aromatic carbocycles. The van der Waals surface area contributed by atoms with Crippen LogP contribution in [-0.4, -0.2) is 41.8 Å². The maximum Gasteiger partial charge on any atom is 0.255 e. The van der Waals surface area contributed by atoms with Crippen molar-refractivity contribution in [2.45, 2.75) is 18.9 Å². The highest BCUT2D eigenvalue weighted by Gasteiger charge is 2.17. The molecule has 144 valence electrons. The number of nitrogens with one attached hydrogen (secondary N) is 2. The summed E-state index contributed by atoms with van der Waals surface area (Å²) in [6.45, 7) is 1.54. The van der Waals surface area contributed by atoms with Crippen molar-refractivity contribution in [3.63, 3.8) is 0 Å². The molecule has 1 atom stereocenters. The Morgan fingerprint density at radius 1 is 1.21 bits per heavy atom. The Hall–Kier alpha value is -2.64. The molecule has 0 spiro atoms. The molecule has 2 aliphatic rings. The largest absolute Gasteiger partial charge is 0.376 e. The van der Waals surface area contributed by atoms with E-state index in [1.165, 1.54) is 0 Å². The van der Waals surface area contributed by atoms with E-state index >= 15 is 0 Å². The number of anilines is 1. The van der Waals surface area contributed by atoms with Gasteiger partial charge in [0.1, 0.15) is 0 Å². The first-order chi connectivity index (χ1) is 13.8. The van der Waals surface area contributed by atoms with Crippen LogP contribution in [0.2, 0.25) is 0 Å². The van der Waals surface area contributed by atoms with Gasteiger partial charge in [0.25, 0.3) is 5.91 Å². The number of amides is 1. The van der Waals surface area contributed by atoms with Crippen molar-refractivity contribution >= 4 is 34.2 Å². The lowest BCUT2D eigenvalue weighted by Gasteiger charge is -2.16. The second-order valence-electron chi connectivity index (χ2n) is 6.64. The number of hydrogen-bond donors (Lipinski definition) is 2. The van der Waals surface area contributed by atoms with Crippen molar-refractivity contribution in [3.8, 4) is 0 Å². The second-order valence-corrected chi connectivity index (χ2v) is 7.60. The first-order valence-corrected chi connectivity index (χ1v) is 10.3. The predicted octanol–water partition coefficient (Wildman–Crippen LogP) is 3.51. The molecule has 2 aromatic rings. The molecule has 1 saturated heterocycles. The summed E-state index contributed by atoms with van der Waals surface area (Å²) in [4.78, 5) is 16.8. The molecule has 0 radical (unpaired) electrons. The number of hydrogen-bond acceptors (Lipinski definition) is 5. The summed E-state index contributed by atoms with van der Waals surface area (Å²) in [5, 5.41) is 8.20. The Balaban J connectivity index is 1.34. The number of rotatable bonds is 5. The molecular formula is C21H22N4O2S. The van der Waals surface area contributed by atoms with Crippen LogP contribution >= 0.6 is 11.8 Å². The van der Waals surface area contributed by atoms with Gasteiger partial charge in [-0.1, -0.05) is 42.1 Å². The molecule has 0 bridgehead atoms. The maximum absolute atomic E-state index is 12.2. The van der Waals surface area contributed by atoms with Gasteiger partial charge in [0.05, 0.1) is 18.4 Å². The monoisotopic (exact) mass is 394 g/mol. The van der Waals surface area contributed by atoms with Crippen molar-refractivity contribution in [2.24, 2.45) is 10.1 Å². The van der Waals surface area contributed by atoms with E-state index in [0.717, 1.165) is 47.3 Å². The lowest BCUT2D eigenvalue weighted by molar-refractivity contribution is 0.102. The molecule has 4 rings (SSSR count). The van der Waals surface area contributed by atoms with Gasteiger partial charge in [-0.25, -0.2) is 0 Å². The molecule has 0 unspecified atom stereocenters. The third-order valence-electron chi connectivity index (χ3n) is 4.61. The quantitative estimate of drug-likeness (QED) is 0.814. The highest BCUT2D eigenvalue weighted by molar-refractivity contribution is 8.14. The number of carbonyl (C=O) groups excluding carboxylic acids is 1. The van der Waals surface area contributed by atoms with Crippen LogP contribution < -0.4 is 10.7 Å². The van der Waals surface area contributed by atoms with Gasteiger partial charge in [0.15, 0.2) is 5.17 Å². The highest BCUT2D eigenvalue weighted by atomic mass is 32.2. The van der Waals surface area contributed by atoms with Crippen LogP contribution in [0, 0.1) is 0 Å². The van der Waals surface area contributed by atoms with E-state index in [-0.39, 0.29) is 12.0 Å². The van der Waals surface area contributed by atoms with Crippen LogP contribution in [0.5, 0.6) is 0 Å². The molecule has 1 amide bonds. The van der Waals surface area contributed by atoms with E-state index in [0.29, 0.717) is 12.1 Å². The van der Waals surface area contributed by atoms with E-state index in [2.05, 4.69) is 20.8 Å². The van der Waals surface area contributed by atoms with E-state index in [4.69, 9.17) is 4.74 Å². The lowest BCUT2D eigenvalue weighted by atomic mass is 10.1. The topological polar surface area (TPSA) is 75.1 Å². The molecule has 0 saturated carbocycles. The Morgan fingerprint density at radius 3 is 2.71 bits per heavy atom. The smallest absolute Gasteiger partial charge is 0.255 e. The fraction of sp³-hybridized carbons (Fsp3) is 0.286. The van der Waals surface area contributed by atoms with Crippen LogP contribution in [0.25, 0.3) is 0 Å². The first kappa shape index (κ1) is 18.7. The van der Waals surface area contributed by atoms with Crippen LogP contribution in [0.15, 0.2) is 64.7 Å². The van der Waals surface area contributed by atoms with E-state index in [1.807, 2.05) is 42.5 Å². The molecule has 7 heteroatoms. The standard InChI is InChI=1S/C21H22N4O2S/c26-20(16-5-2-1-3-6-16)23-17-10-8-15(9-11-17)19-14-28-21(25-24-19)22-13-18-7-4-12-27-18/h1-3,5-6,8-11,18H,4,7,12-14H2,(H,22,25)(H,23,26)/t18-/m0/s1. The first-order valence-electron chi connectivity index (χ1n) is 9.36. The number of ether oxygens (including phenoxy) is 1. The number of amidine groups is 1. The van der Waals surface area contributed by atoms with Gasteiger partial charge in [0, 0.05) is 23.6 Å². The summed E-state index contributed by atoms with van der Waals surface area (Å²) in [6, 6.07) is 16.9. The average Bonchev–Trinajstić information content (AvgIpc) is 3.28. The van der Waals surface area contributed by atoms with Gasteiger partial charge < -0.3 is 10.1 Å². The molecular weight excluding hydrogens is 372 g/mol. The Morgan fingerprint density at radius 2 is 2.04 bits per heavy atom. The third kappa shape index (κ3) is 4.79. The molecule has 0 aromatic heterocycles. The summed E-state index contributed by atoms with van der Waals surface area (Å²) in [6.07, 6.45) is 2.46. The van der Waals surface area contributed by atoms with Gasteiger partial charge in [-0.3, -0.25) is 15.2 Å². The molecule has 28 heavy (non-hydrogen) atoms. The zero-order valence-corrected chi connectivity index (χ0v) is 16.2. The molecule has 0 aliphatic carbocycles. The summed E-state index contributed by atoms with van der Waals surface area (Å²) in [5.41, 5.74) is 6.42.